The molecular weight excluding hydrogens is 526 g/mol. The van der Waals surface area contributed by atoms with E-state index in [0.717, 1.165) is 50.1 Å². The third kappa shape index (κ3) is 7.26. The van der Waals surface area contributed by atoms with Crippen LogP contribution in [0, 0.1) is 11.3 Å². The first-order chi connectivity index (χ1) is 21.2. The minimum absolute atomic E-state index is 0.389. The summed E-state index contributed by atoms with van der Waals surface area (Å²) in [6.45, 7) is 5.05. The van der Waals surface area contributed by atoms with Crippen LogP contribution in [0.1, 0.15) is 59.1 Å². The second-order valence-electron chi connectivity index (χ2n) is 10.0. The molecule has 0 aromatic heterocycles. The molecule has 0 saturated heterocycles. The summed E-state index contributed by atoms with van der Waals surface area (Å²) in [4.78, 5) is 0. The van der Waals surface area contributed by atoms with E-state index >= 15 is 0 Å². The van der Waals surface area contributed by atoms with Crippen LogP contribution in [-0.2, 0) is 9.47 Å². The van der Waals surface area contributed by atoms with Crippen molar-refractivity contribution < 1.29 is 9.47 Å². The third-order valence-electron chi connectivity index (χ3n) is 7.20. The number of nitrogens with zero attached hydrogens (tertiary/aromatic N) is 1. The van der Waals surface area contributed by atoms with E-state index in [9.17, 15) is 5.26 Å². The van der Waals surface area contributed by atoms with Crippen LogP contribution in [0.3, 0.4) is 0 Å². The first kappa shape index (κ1) is 29.5. The largest absolute Gasteiger partial charge is 0.349 e. The summed E-state index contributed by atoms with van der Waals surface area (Å²) in [7, 11) is 0. The quantitative estimate of drug-likeness (QED) is 0.0915. The average Bonchev–Trinajstić information content (AvgIpc) is 3.07. The molecule has 3 nitrogen and oxygen atoms in total. The summed E-state index contributed by atoms with van der Waals surface area (Å²) in [6.07, 6.45) is 1.53. The van der Waals surface area contributed by atoms with Gasteiger partial charge in [-0.05, 0) is 64.5 Å². The van der Waals surface area contributed by atoms with Crippen molar-refractivity contribution >= 4 is 22.8 Å². The van der Waals surface area contributed by atoms with Crippen LogP contribution < -0.4 is 0 Å². The SMILES string of the molecule is CCOC(OCC)c1ccc(C=C(C#N)c2ccc(C(=C(c3ccccc3)c3ccccc3)c3ccccc3)cc2)cc1. The Morgan fingerprint density at radius 1 is 0.558 bits per heavy atom. The highest BCUT2D eigenvalue weighted by Crippen LogP contribution is 2.37. The summed E-state index contributed by atoms with van der Waals surface area (Å²) < 4.78 is 11.4. The topological polar surface area (TPSA) is 42.2 Å². The van der Waals surface area contributed by atoms with Crippen molar-refractivity contribution in [2.75, 3.05) is 13.2 Å². The van der Waals surface area contributed by atoms with Crippen LogP contribution in [0.2, 0.25) is 0 Å². The van der Waals surface area contributed by atoms with E-state index < -0.39 is 0 Å². The lowest BCUT2D eigenvalue weighted by molar-refractivity contribution is -0.140. The molecular formula is C40H35NO2. The zero-order valence-corrected chi connectivity index (χ0v) is 24.6. The molecule has 212 valence electrons. The molecule has 0 N–H and O–H groups in total. The molecule has 0 amide bonds. The number of allylic oxidation sites excluding steroid dienone is 1. The Kier molecular flexibility index (Phi) is 10.1. The maximum atomic E-state index is 10.1. The van der Waals surface area contributed by atoms with Crippen molar-refractivity contribution in [3.8, 4) is 6.07 Å². The highest BCUT2D eigenvalue weighted by Gasteiger charge is 2.16. The van der Waals surface area contributed by atoms with Crippen LogP contribution in [0.15, 0.2) is 140 Å². The van der Waals surface area contributed by atoms with Crippen molar-refractivity contribution in [2.45, 2.75) is 20.1 Å². The summed E-state index contributed by atoms with van der Waals surface area (Å²) in [5.74, 6) is 0. The fourth-order valence-electron chi connectivity index (χ4n) is 5.18. The highest BCUT2D eigenvalue weighted by atomic mass is 16.7. The zero-order chi connectivity index (χ0) is 29.9. The van der Waals surface area contributed by atoms with Gasteiger partial charge in [-0.3, -0.25) is 0 Å². The monoisotopic (exact) mass is 561 g/mol. The van der Waals surface area contributed by atoms with Gasteiger partial charge in [-0.15, -0.1) is 0 Å². The van der Waals surface area contributed by atoms with Crippen LogP contribution >= 0.6 is 0 Å². The van der Waals surface area contributed by atoms with Crippen molar-refractivity contribution in [1.29, 1.82) is 5.26 Å². The number of hydrogen-bond acceptors (Lipinski definition) is 3. The van der Waals surface area contributed by atoms with Gasteiger partial charge in [0.1, 0.15) is 0 Å². The van der Waals surface area contributed by atoms with E-state index in [2.05, 4.69) is 91.0 Å². The van der Waals surface area contributed by atoms with E-state index in [1.165, 1.54) is 0 Å². The Bertz CT molecular complexity index is 1650. The fourth-order valence-corrected chi connectivity index (χ4v) is 5.18. The number of rotatable bonds is 11. The average molecular weight is 562 g/mol. The first-order valence-corrected chi connectivity index (χ1v) is 14.7. The first-order valence-electron chi connectivity index (χ1n) is 14.7. The van der Waals surface area contributed by atoms with Gasteiger partial charge in [0.2, 0.25) is 0 Å². The Hall–Kier alpha value is -5.01. The molecule has 0 aliphatic rings. The van der Waals surface area contributed by atoms with E-state index in [-0.39, 0.29) is 6.29 Å². The second kappa shape index (κ2) is 14.8. The van der Waals surface area contributed by atoms with Crippen LogP contribution in [0.5, 0.6) is 0 Å². The molecule has 3 heteroatoms. The molecule has 0 fully saturated rings. The molecule has 0 radical (unpaired) electrons. The van der Waals surface area contributed by atoms with Crippen molar-refractivity contribution in [1.82, 2.24) is 0 Å². The predicted octanol–water partition coefficient (Wildman–Crippen LogP) is 9.83. The smallest absolute Gasteiger partial charge is 0.183 e. The standard InChI is InChI=1S/C40H35NO2/c1-3-42-40(43-4-2)36-22-20-30(21-23-36)28-37(29-41)31-24-26-35(27-25-31)39(34-18-12-7-13-19-34)38(32-14-8-5-9-15-32)33-16-10-6-11-17-33/h5-28,40H,3-4H2,1-2H3. The molecule has 0 spiro atoms. The Morgan fingerprint density at radius 3 is 1.35 bits per heavy atom. The summed E-state index contributed by atoms with van der Waals surface area (Å²) in [5, 5.41) is 10.1. The summed E-state index contributed by atoms with van der Waals surface area (Å²) in [6, 6.07) is 50.2. The minimum Gasteiger partial charge on any atom is -0.349 e. The molecule has 0 bridgehead atoms. The molecule has 5 aromatic carbocycles. The van der Waals surface area contributed by atoms with Gasteiger partial charge in [-0.1, -0.05) is 140 Å². The maximum absolute atomic E-state index is 10.1. The summed E-state index contributed by atoms with van der Waals surface area (Å²) in [5.41, 5.74) is 10.2. The van der Waals surface area contributed by atoms with Gasteiger partial charge < -0.3 is 9.47 Å². The highest BCUT2D eigenvalue weighted by molar-refractivity contribution is 6.04. The van der Waals surface area contributed by atoms with Crippen LogP contribution in [0.25, 0.3) is 22.8 Å². The summed E-state index contributed by atoms with van der Waals surface area (Å²) >= 11 is 0. The zero-order valence-electron chi connectivity index (χ0n) is 24.6. The molecule has 0 aliphatic carbocycles. The number of ether oxygens (including phenoxy) is 2. The lowest BCUT2D eigenvalue weighted by atomic mass is 9.85. The molecule has 0 unspecified atom stereocenters. The van der Waals surface area contributed by atoms with Crippen molar-refractivity contribution in [3.63, 3.8) is 0 Å². The Labute approximate surface area is 255 Å². The lowest BCUT2D eigenvalue weighted by Gasteiger charge is -2.18. The molecule has 0 heterocycles. The van der Waals surface area contributed by atoms with Crippen LogP contribution in [-0.4, -0.2) is 13.2 Å². The van der Waals surface area contributed by atoms with E-state index in [1.807, 2.05) is 74.5 Å². The fraction of sp³-hybridized carbons (Fsp3) is 0.125. The molecule has 0 atom stereocenters. The predicted molar refractivity (Wildman–Crippen MR) is 177 cm³/mol. The van der Waals surface area contributed by atoms with Gasteiger partial charge in [0.15, 0.2) is 6.29 Å². The van der Waals surface area contributed by atoms with E-state index in [1.54, 1.807) is 0 Å². The third-order valence-corrected chi connectivity index (χ3v) is 7.20. The molecule has 5 rings (SSSR count). The van der Waals surface area contributed by atoms with Gasteiger partial charge in [0, 0.05) is 18.8 Å². The Balaban J connectivity index is 1.55. The van der Waals surface area contributed by atoms with Crippen LogP contribution in [0.4, 0.5) is 0 Å². The van der Waals surface area contributed by atoms with E-state index in [0.29, 0.717) is 18.8 Å². The maximum Gasteiger partial charge on any atom is 0.183 e. The number of hydrogen-bond donors (Lipinski definition) is 0. The second-order valence-corrected chi connectivity index (χ2v) is 10.0. The van der Waals surface area contributed by atoms with Gasteiger partial charge in [-0.25, -0.2) is 0 Å². The van der Waals surface area contributed by atoms with Gasteiger partial charge in [0.05, 0.1) is 11.6 Å². The van der Waals surface area contributed by atoms with Gasteiger partial charge >= 0.3 is 0 Å². The lowest BCUT2D eigenvalue weighted by Crippen LogP contribution is -2.08. The van der Waals surface area contributed by atoms with Crippen molar-refractivity contribution in [3.05, 3.63) is 178 Å². The molecule has 0 aliphatic heterocycles. The van der Waals surface area contributed by atoms with Crippen molar-refractivity contribution in [2.24, 2.45) is 0 Å². The minimum atomic E-state index is -0.389. The van der Waals surface area contributed by atoms with Gasteiger partial charge in [0.25, 0.3) is 0 Å². The normalized spacial score (nSPS) is 11.3. The molecule has 0 saturated carbocycles. The van der Waals surface area contributed by atoms with Gasteiger partial charge in [-0.2, -0.15) is 5.26 Å². The molecule has 5 aromatic rings. The molecule has 43 heavy (non-hydrogen) atoms. The Morgan fingerprint density at radius 2 is 0.953 bits per heavy atom. The van der Waals surface area contributed by atoms with E-state index in [4.69, 9.17) is 9.47 Å². The number of nitriles is 1. The number of benzene rings is 5.